The van der Waals surface area contributed by atoms with Crippen molar-refractivity contribution < 1.29 is 4.74 Å². The van der Waals surface area contributed by atoms with Gasteiger partial charge in [-0.3, -0.25) is 0 Å². The minimum atomic E-state index is 0.101. The fourth-order valence-corrected chi connectivity index (χ4v) is 1.17. The smallest absolute Gasteiger partial charge is 0.0626 e. The molecule has 0 aliphatic rings. The van der Waals surface area contributed by atoms with Gasteiger partial charge in [0.1, 0.15) is 0 Å². The van der Waals surface area contributed by atoms with E-state index in [2.05, 4.69) is 27.7 Å². The summed E-state index contributed by atoms with van der Waals surface area (Å²) in [7, 11) is 0. The Bertz CT molecular complexity index is 86.9. The molecule has 0 N–H and O–H groups in total. The van der Waals surface area contributed by atoms with Crippen LogP contribution in [-0.4, -0.2) is 12.2 Å². The summed E-state index contributed by atoms with van der Waals surface area (Å²) < 4.78 is 5.71. The topological polar surface area (TPSA) is 9.23 Å². The molecule has 0 bridgehead atoms. The molecule has 0 rings (SSSR count). The maximum Gasteiger partial charge on any atom is 0.0626 e. The van der Waals surface area contributed by atoms with Crippen LogP contribution in [0.3, 0.4) is 0 Å². The molecule has 0 radical (unpaired) electrons. The normalized spacial score (nSPS) is 12.0. The van der Waals surface area contributed by atoms with Crippen molar-refractivity contribution >= 4 is 0 Å². The van der Waals surface area contributed by atoms with Crippen molar-refractivity contribution in [1.82, 2.24) is 0 Å². The van der Waals surface area contributed by atoms with Crippen molar-refractivity contribution in [1.29, 1.82) is 0 Å². The third kappa shape index (κ3) is 6.36. The maximum atomic E-state index is 5.71. The molecule has 0 unspecified atom stereocenters. The predicted molar refractivity (Wildman–Crippen MR) is 49.8 cm³/mol. The lowest BCUT2D eigenvalue weighted by Gasteiger charge is -2.24. The van der Waals surface area contributed by atoms with Crippen LogP contribution in [0.25, 0.3) is 0 Å². The Hall–Kier alpha value is -0.0400. The molecule has 0 saturated carbocycles. The molecule has 0 aromatic carbocycles. The molecule has 0 aliphatic carbocycles. The van der Waals surface area contributed by atoms with E-state index in [9.17, 15) is 0 Å². The molecule has 0 heterocycles. The Morgan fingerprint density at radius 1 is 1.09 bits per heavy atom. The molecule has 1 heteroatoms. The summed E-state index contributed by atoms with van der Waals surface area (Å²) in [4.78, 5) is 0. The lowest BCUT2D eigenvalue weighted by Crippen LogP contribution is -2.24. The molecule has 0 aromatic heterocycles. The van der Waals surface area contributed by atoms with E-state index in [0.29, 0.717) is 0 Å². The van der Waals surface area contributed by atoms with Crippen molar-refractivity contribution in [2.24, 2.45) is 0 Å². The number of ether oxygens (including phenoxy) is 1. The summed E-state index contributed by atoms with van der Waals surface area (Å²) in [6.45, 7) is 9.66. The first-order valence-corrected chi connectivity index (χ1v) is 4.76. The highest BCUT2D eigenvalue weighted by Crippen LogP contribution is 2.16. The van der Waals surface area contributed by atoms with Crippen LogP contribution in [0.1, 0.15) is 53.4 Å². The average Bonchev–Trinajstić information content (AvgIpc) is 1.87. The summed E-state index contributed by atoms with van der Waals surface area (Å²) in [6, 6.07) is 0. The standard InChI is InChI=1S/C10H22O/c1-5-7-9-11-10(3,4)8-6-2/h5-9H2,1-4H3. The first kappa shape index (κ1) is 11.0. The fraction of sp³-hybridized carbons (Fsp3) is 1.00. The van der Waals surface area contributed by atoms with Crippen molar-refractivity contribution in [3.8, 4) is 0 Å². The van der Waals surface area contributed by atoms with Crippen molar-refractivity contribution in [2.45, 2.75) is 59.0 Å². The van der Waals surface area contributed by atoms with E-state index < -0.39 is 0 Å². The largest absolute Gasteiger partial charge is 0.376 e. The summed E-state index contributed by atoms with van der Waals surface area (Å²) in [5, 5.41) is 0. The van der Waals surface area contributed by atoms with Crippen LogP contribution in [0, 0.1) is 0 Å². The van der Waals surface area contributed by atoms with Gasteiger partial charge in [0.25, 0.3) is 0 Å². The number of hydrogen-bond acceptors (Lipinski definition) is 1. The molecular formula is C10H22O. The molecule has 68 valence electrons. The second-order valence-corrected chi connectivity index (χ2v) is 3.71. The van der Waals surface area contributed by atoms with Gasteiger partial charge in [0.2, 0.25) is 0 Å². The fourth-order valence-electron chi connectivity index (χ4n) is 1.17. The van der Waals surface area contributed by atoms with Gasteiger partial charge in [0.05, 0.1) is 5.60 Å². The number of hydrogen-bond donors (Lipinski definition) is 0. The highest BCUT2D eigenvalue weighted by Gasteiger charge is 2.15. The Balaban J connectivity index is 3.38. The molecule has 11 heavy (non-hydrogen) atoms. The molecule has 1 nitrogen and oxygen atoms in total. The van der Waals surface area contributed by atoms with Gasteiger partial charge in [-0.05, 0) is 26.7 Å². The first-order valence-electron chi connectivity index (χ1n) is 4.76. The van der Waals surface area contributed by atoms with Crippen molar-refractivity contribution in [2.75, 3.05) is 6.61 Å². The molecule has 0 saturated heterocycles. The van der Waals surface area contributed by atoms with Crippen molar-refractivity contribution in [3.63, 3.8) is 0 Å². The number of rotatable bonds is 6. The summed E-state index contributed by atoms with van der Waals surface area (Å²) in [5.41, 5.74) is 0.101. The zero-order chi connectivity index (χ0) is 8.74. The van der Waals surface area contributed by atoms with Gasteiger partial charge in [-0.15, -0.1) is 0 Å². The Kier molecular flexibility index (Phi) is 5.57. The van der Waals surface area contributed by atoms with Gasteiger partial charge in [-0.25, -0.2) is 0 Å². The summed E-state index contributed by atoms with van der Waals surface area (Å²) in [6.07, 6.45) is 4.78. The zero-order valence-corrected chi connectivity index (χ0v) is 8.44. The zero-order valence-electron chi connectivity index (χ0n) is 8.44. The van der Waals surface area contributed by atoms with Crippen LogP contribution < -0.4 is 0 Å². The molecule has 0 aliphatic heterocycles. The van der Waals surface area contributed by atoms with E-state index in [-0.39, 0.29) is 5.60 Å². The highest BCUT2D eigenvalue weighted by molar-refractivity contribution is 4.66. The van der Waals surface area contributed by atoms with E-state index in [1.165, 1.54) is 19.3 Å². The minimum absolute atomic E-state index is 0.101. The maximum absolute atomic E-state index is 5.71. The quantitative estimate of drug-likeness (QED) is 0.538. The monoisotopic (exact) mass is 158 g/mol. The van der Waals surface area contributed by atoms with Crippen LogP contribution in [0.15, 0.2) is 0 Å². The van der Waals surface area contributed by atoms with Crippen LogP contribution in [0.4, 0.5) is 0 Å². The van der Waals surface area contributed by atoms with E-state index >= 15 is 0 Å². The molecule has 0 atom stereocenters. The van der Waals surface area contributed by atoms with Crippen LogP contribution in [-0.2, 0) is 4.74 Å². The average molecular weight is 158 g/mol. The first-order chi connectivity index (χ1) is 5.12. The van der Waals surface area contributed by atoms with E-state index in [0.717, 1.165) is 13.0 Å². The predicted octanol–water partition coefficient (Wildman–Crippen LogP) is 3.38. The van der Waals surface area contributed by atoms with E-state index in [1.807, 2.05) is 0 Å². The number of unbranched alkanes of at least 4 members (excludes halogenated alkanes) is 1. The van der Waals surface area contributed by atoms with Crippen LogP contribution in [0.2, 0.25) is 0 Å². The SMILES string of the molecule is CCCCOC(C)(C)CCC. The van der Waals surface area contributed by atoms with Gasteiger partial charge in [0, 0.05) is 6.61 Å². The summed E-state index contributed by atoms with van der Waals surface area (Å²) >= 11 is 0. The van der Waals surface area contributed by atoms with Crippen LogP contribution in [0.5, 0.6) is 0 Å². The molecule has 0 amide bonds. The van der Waals surface area contributed by atoms with Crippen molar-refractivity contribution in [3.05, 3.63) is 0 Å². The second kappa shape index (κ2) is 5.59. The van der Waals surface area contributed by atoms with Crippen LogP contribution >= 0.6 is 0 Å². The Morgan fingerprint density at radius 2 is 1.73 bits per heavy atom. The van der Waals surface area contributed by atoms with Gasteiger partial charge in [-0.1, -0.05) is 26.7 Å². The van der Waals surface area contributed by atoms with Gasteiger partial charge in [0.15, 0.2) is 0 Å². The van der Waals surface area contributed by atoms with Gasteiger partial charge in [-0.2, -0.15) is 0 Å². The van der Waals surface area contributed by atoms with E-state index in [4.69, 9.17) is 4.74 Å². The summed E-state index contributed by atoms with van der Waals surface area (Å²) in [5.74, 6) is 0. The molecular weight excluding hydrogens is 136 g/mol. The second-order valence-electron chi connectivity index (χ2n) is 3.71. The van der Waals surface area contributed by atoms with E-state index in [1.54, 1.807) is 0 Å². The minimum Gasteiger partial charge on any atom is -0.376 e. The lowest BCUT2D eigenvalue weighted by atomic mass is 10.0. The van der Waals surface area contributed by atoms with Gasteiger partial charge < -0.3 is 4.74 Å². The van der Waals surface area contributed by atoms with Gasteiger partial charge >= 0.3 is 0 Å². The molecule has 0 aromatic rings. The third-order valence-corrected chi connectivity index (χ3v) is 1.84. The molecule has 0 spiro atoms. The third-order valence-electron chi connectivity index (χ3n) is 1.84. The molecule has 0 fully saturated rings. The lowest BCUT2D eigenvalue weighted by molar-refractivity contribution is -0.0249. The Morgan fingerprint density at radius 3 is 2.18 bits per heavy atom. The highest BCUT2D eigenvalue weighted by atomic mass is 16.5. The Labute approximate surface area is 71.1 Å².